The van der Waals surface area contributed by atoms with E-state index in [0.717, 1.165) is 47.3 Å². The number of carbonyl (C=O) groups is 1. The number of fused-ring (bicyclic) bond motifs is 1. The molecule has 0 radical (unpaired) electrons. The molecule has 6 nitrogen and oxygen atoms in total. The Morgan fingerprint density at radius 1 is 1.10 bits per heavy atom. The number of aromatic nitrogens is 4. The Morgan fingerprint density at radius 2 is 1.93 bits per heavy atom. The van der Waals surface area contributed by atoms with Gasteiger partial charge in [-0.15, -0.1) is 10.2 Å². The SMILES string of the molecule is Cc1ccccc1-n1c(C)cc(C(=O)NCCc2nnc3n2CCCCC3)c1C. The standard InChI is InChI=1S/C23H29N5O/c1-16-9-6-7-10-20(16)28-17(2)15-19(18(28)3)23(29)24-13-12-22-26-25-21-11-5-4-8-14-27(21)22/h6-7,9-10,15H,4-5,8,11-14H2,1-3H3,(H,24,29). The molecule has 3 aromatic rings. The highest BCUT2D eigenvalue weighted by molar-refractivity contribution is 5.95. The number of hydrogen-bond donors (Lipinski definition) is 1. The third-order valence-corrected chi connectivity index (χ3v) is 5.85. The van der Waals surface area contributed by atoms with Gasteiger partial charge in [0.15, 0.2) is 0 Å². The van der Waals surface area contributed by atoms with E-state index in [-0.39, 0.29) is 5.91 Å². The fourth-order valence-corrected chi connectivity index (χ4v) is 4.29. The van der Waals surface area contributed by atoms with Crippen molar-refractivity contribution in [3.05, 3.63) is 64.5 Å². The van der Waals surface area contributed by atoms with Crippen LogP contribution in [-0.4, -0.2) is 31.8 Å². The first kappa shape index (κ1) is 19.4. The first-order valence-electron chi connectivity index (χ1n) is 10.5. The second-order valence-electron chi connectivity index (χ2n) is 7.91. The van der Waals surface area contributed by atoms with Crippen molar-refractivity contribution < 1.29 is 4.79 Å². The predicted octanol–water partition coefficient (Wildman–Crippen LogP) is 3.69. The van der Waals surface area contributed by atoms with Crippen LogP contribution in [0, 0.1) is 20.8 Å². The molecule has 0 atom stereocenters. The lowest BCUT2D eigenvalue weighted by molar-refractivity contribution is 0.0953. The highest BCUT2D eigenvalue weighted by atomic mass is 16.1. The Kier molecular flexibility index (Phi) is 5.51. The first-order chi connectivity index (χ1) is 14.1. The average Bonchev–Trinajstić information content (AvgIpc) is 3.12. The summed E-state index contributed by atoms with van der Waals surface area (Å²) in [5, 5.41) is 11.8. The summed E-state index contributed by atoms with van der Waals surface area (Å²) in [6, 6.07) is 10.2. The molecule has 0 fully saturated rings. The maximum absolute atomic E-state index is 12.9. The number of rotatable bonds is 5. The second-order valence-corrected chi connectivity index (χ2v) is 7.91. The summed E-state index contributed by atoms with van der Waals surface area (Å²) in [7, 11) is 0. The largest absolute Gasteiger partial charge is 0.352 e. The van der Waals surface area contributed by atoms with Crippen LogP contribution < -0.4 is 5.32 Å². The van der Waals surface area contributed by atoms with E-state index >= 15 is 0 Å². The summed E-state index contributed by atoms with van der Waals surface area (Å²) in [5.41, 5.74) is 5.06. The summed E-state index contributed by atoms with van der Waals surface area (Å²) in [4.78, 5) is 12.9. The Labute approximate surface area is 172 Å². The van der Waals surface area contributed by atoms with Gasteiger partial charge in [-0.1, -0.05) is 24.6 Å². The number of hydrogen-bond acceptors (Lipinski definition) is 3. The molecule has 6 heteroatoms. The van der Waals surface area contributed by atoms with Gasteiger partial charge in [-0.2, -0.15) is 0 Å². The van der Waals surface area contributed by atoms with Gasteiger partial charge in [0.1, 0.15) is 11.6 Å². The molecule has 3 heterocycles. The summed E-state index contributed by atoms with van der Waals surface area (Å²) in [6.45, 7) is 7.69. The van der Waals surface area contributed by atoms with Crippen molar-refractivity contribution in [2.24, 2.45) is 0 Å². The number of benzene rings is 1. The van der Waals surface area contributed by atoms with E-state index in [0.29, 0.717) is 13.0 Å². The van der Waals surface area contributed by atoms with E-state index in [1.807, 2.05) is 32.0 Å². The van der Waals surface area contributed by atoms with E-state index in [9.17, 15) is 4.79 Å². The molecule has 4 rings (SSSR count). The van der Waals surface area contributed by atoms with Gasteiger partial charge in [0.2, 0.25) is 0 Å². The maximum atomic E-state index is 12.9. The molecule has 0 saturated carbocycles. The fraction of sp³-hybridized carbons (Fsp3) is 0.435. The number of nitrogens with zero attached hydrogens (tertiary/aromatic N) is 4. The van der Waals surface area contributed by atoms with Crippen LogP contribution >= 0.6 is 0 Å². The minimum absolute atomic E-state index is 0.0338. The zero-order valence-electron chi connectivity index (χ0n) is 17.5. The average molecular weight is 392 g/mol. The zero-order valence-corrected chi connectivity index (χ0v) is 17.5. The van der Waals surface area contributed by atoms with Gasteiger partial charge in [0.05, 0.1) is 5.56 Å². The molecule has 29 heavy (non-hydrogen) atoms. The van der Waals surface area contributed by atoms with Crippen LogP contribution in [0.1, 0.15) is 58.2 Å². The van der Waals surface area contributed by atoms with Crippen LogP contribution in [0.25, 0.3) is 5.69 Å². The molecule has 0 saturated heterocycles. The van der Waals surface area contributed by atoms with Crippen LogP contribution in [0.4, 0.5) is 0 Å². The van der Waals surface area contributed by atoms with Gasteiger partial charge < -0.3 is 14.5 Å². The topological polar surface area (TPSA) is 64.7 Å². The van der Waals surface area contributed by atoms with Gasteiger partial charge in [0.25, 0.3) is 5.91 Å². The smallest absolute Gasteiger partial charge is 0.253 e. The van der Waals surface area contributed by atoms with E-state index in [4.69, 9.17) is 0 Å². The number of para-hydroxylation sites is 1. The molecule has 0 aliphatic carbocycles. The number of nitrogens with one attached hydrogen (secondary N) is 1. The summed E-state index contributed by atoms with van der Waals surface area (Å²) in [5.74, 6) is 2.03. The molecular weight excluding hydrogens is 362 g/mol. The third kappa shape index (κ3) is 3.84. The molecule has 1 amide bonds. The third-order valence-electron chi connectivity index (χ3n) is 5.85. The normalized spacial score (nSPS) is 13.8. The summed E-state index contributed by atoms with van der Waals surface area (Å²) in [6.07, 6.45) is 5.32. The molecule has 2 aromatic heterocycles. The van der Waals surface area contributed by atoms with Crippen molar-refractivity contribution >= 4 is 5.91 Å². The molecule has 152 valence electrons. The minimum Gasteiger partial charge on any atom is -0.352 e. The molecular formula is C23H29N5O. The van der Waals surface area contributed by atoms with E-state index in [1.54, 1.807) is 0 Å². The zero-order chi connectivity index (χ0) is 20.4. The Balaban J connectivity index is 1.46. The lowest BCUT2D eigenvalue weighted by Gasteiger charge is -2.13. The van der Waals surface area contributed by atoms with Crippen LogP contribution in [0.5, 0.6) is 0 Å². The maximum Gasteiger partial charge on any atom is 0.253 e. The van der Waals surface area contributed by atoms with E-state index in [1.165, 1.54) is 24.8 Å². The molecule has 0 unspecified atom stereocenters. The highest BCUT2D eigenvalue weighted by Crippen LogP contribution is 2.23. The Hall–Kier alpha value is -2.89. The van der Waals surface area contributed by atoms with Crippen molar-refractivity contribution in [1.29, 1.82) is 0 Å². The number of aryl methyl sites for hydroxylation is 3. The molecule has 1 aliphatic rings. The Morgan fingerprint density at radius 3 is 2.76 bits per heavy atom. The molecule has 1 aromatic carbocycles. The van der Waals surface area contributed by atoms with Crippen molar-refractivity contribution in [1.82, 2.24) is 24.6 Å². The molecule has 1 N–H and O–H groups in total. The van der Waals surface area contributed by atoms with Crippen molar-refractivity contribution in [3.8, 4) is 5.69 Å². The van der Waals surface area contributed by atoms with Gasteiger partial charge in [-0.05, 0) is 51.3 Å². The summed E-state index contributed by atoms with van der Waals surface area (Å²) < 4.78 is 4.39. The molecule has 1 aliphatic heterocycles. The van der Waals surface area contributed by atoms with Crippen LogP contribution in [0.2, 0.25) is 0 Å². The van der Waals surface area contributed by atoms with Gasteiger partial charge in [0, 0.05) is 43.0 Å². The number of amides is 1. The fourth-order valence-electron chi connectivity index (χ4n) is 4.29. The van der Waals surface area contributed by atoms with Crippen molar-refractivity contribution in [3.63, 3.8) is 0 Å². The van der Waals surface area contributed by atoms with Crippen LogP contribution in [0.3, 0.4) is 0 Å². The predicted molar refractivity (Wildman–Crippen MR) is 114 cm³/mol. The lowest BCUT2D eigenvalue weighted by atomic mass is 10.2. The van der Waals surface area contributed by atoms with Gasteiger partial charge in [-0.3, -0.25) is 4.79 Å². The minimum atomic E-state index is -0.0338. The Bertz CT molecular complexity index is 1030. The quantitative estimate of drug-likeness (QED) is 0.721. The van der Waals surface area contributed by atoms with Crippen LogP contribution in [0.15, 0.2) is 30.3 Å². The van der Waals surface area contributed by atoms with Gasteiger partial charge in [-0.25, -0.2) is 0 Å². The first-order valence-corrected chi connectivity index (χ1v) is 10.5. The molecule has 0 bridgehead atoms. The number of carbonyl (C=O) groups excluding carboxylic acids is 1. The van der Waals surface area contributed by atoms with E-state index < -0.39 is 0 Å². The second kappa shape index (κ2) is 8.23. The van der Waals surface area contributed by atoms with Crippen LogP contribution in [-0.2, 0) is 19.4 Å². The van der Waals surface area contributed by atoms with E-state index in [2.05, 4.69) is 43.7 Å². The van der Waals surface area contributed by atoms with Crippen molar-refractivity contribution in [2.75, 3.05) is 6.54 Å². The highest BCUT2D eigenvalue weighted by Gasteiger charge is 2.18. The summed E-state index contributed by atoms with van der Waals surface area (Å²) >= 11 is 0. The van der Waals surface area contributed by atoms with Crippen molar-refractivity contribution in [2.45, 2.75) is 59.4 Å². The molecule has 0 spiro atoms. The monoisotopic (exact) mass is 391 g/mol. The lowest BCUT2D eigenvalue weighted by Crippen LogP contribution is -2.27. The van der Waals surface area contributed by atoms with Gasteiger partial charge >= 0.3 is 0 Å².